The maximum absolute atomic E-state index is 13.4. The number of nitrogens with zero attached hydrogens (tertiary/aromatic N) is 3. The summed E-state index contributed by atoms with van der Waals surface area (Å²) in [7, 11) is 0. The molecule has 2 heterocycles. The van der Waals surface area contributed by atoms with Gasteiger partial charge >= 0.3 is 12.1 Å². The van der Waals surface area contributed by atoms with Gasteiger partial charge in [-0.1, -0.05) is 0 Å². The molecule has 10 heteroatoms. The van der Waals surface area contributed by atoms with Gasteiger partial charge in [-0.05, 0) is 62.7 Å². The Labute approximate surface area is 200 Å². The van der Waals surface area contributed by atoms with E-state index in [4.69, 9.17) is 15.2 Å². The number of ether oxygens (including phenoxy) is 2. The number of carbonyl (C=O) groups is 2. The first-order valence-electron chi connectivity index (χ1n) is 10.7. The molecule has 0 atom stereocenters. The van der Waals surface area contributed by atoms with Crippen molar-refractivity contribution in [3.8, 4) is 5.75 Å². The minimum atomic E-state index is -0.650. The highest BCUT2D eigenvalue weighted by Gasteiger charge is 2.18. The number of fused-ring (bicyclic) bond motifs is 1. The van der Waals surface area contributed by atoms with E-state index >= 15 is 0 Å². The predicted octanol–water partition coefficient (Wildman–Crippen LogP) is 4.77. The number of amides is 1. The predicted molar refractivity (Wildman–Crippen MR) is 129 cm³/mol. The Hall–Kier alpha value is -4.47. The van der Waals surface area contributed by atoms with Crippen LogP contribution in [0.4, 0.5) is 20.6 Å². The molecule has 0 spiro atoms. The number of esters is 1. The lowest BCUT2D eigenvalue weighted by Crippen LogP contribution is -2.27. The van der Waals surface area contributed by atoms with Gasteiger partial charge in [-0.2, -0.15) is 5.10 Å². The summed E-state index contributed by atoms with van der Waals surface area (Å²) in [6, 6.07) is 10.9. The van der Waals surface area contributed by atoms with Crippen LogP contribution in [0.5, 0.6) is 5.75 Å². The highest BCUT2D eigenvalue weighted by Crippen LogP contribution is 2.26. The number of aromatic nitrogens is 3. The molecule has 35 heavy (non-hydrogen) atoms. The molecule has 0 saturated carbocycles. The van der Waals surface area contributed by atoms with Crippen LogP contribution in [0, 0.1) is 5.82 Å². The Morgan fingerprint density at radius 2 is 1.89 bits per heavy atom. The number of nitrogens with one attached hydrogen (secondary N) is 1. The zero-order valence-corrected chi connectivity index (χ0v) is 19.4. The lowest BCUT2D eigenvalue weighted by molar-refractivity contribution is 0.0634. The number of hydrogen-bond acceptors (Lipinski definition) is 7. The Morgan fingerprint density at radius 1 is 1.09 bits per heavy atom. The average Bonchev–Trinajstić information content (AvgIpc) is 3.16. The van der Waals surface area contributed by atoms with Gasteiger partial charge in [0.2, 0.25) is 0 Å². The van der Waals surface area contributed by atoms with Gasteiger partial charge in [0, 0.05) is 17.6 Å². The van der Waals surface area contributed by atoms with E-state index in [0.717, 1.165) is 17.1 Å². The van der Waals surface area contributed by atoms with E-state index in [0.29, 0.717) is 23.4 Å². The van der Waals surface area contributed by atoms with Crippen molar-refractivity contribution < 1.29 is 23.5 Å². The van der Waals surface area contributed by atoms with Gasteiger partial charge in [-0.25, -0.2) is 14.0 Å². The third-order valence-corrected chi connectivity index (χ3v) is 4.84. The fourth-order valence-corrected chi connectivity index (χ4v) is 3.35. The minimum Gasteiger partial charge on any atom is -0.444 e. The smallest absolute Gasteiger partial charge is 0.412 e. The third-order valence-electron chi connectivity index (χ3n) is 4.84. The quantitative estimate of drug-likeness (QED) is 0.241. The van der Waals surface area contributed by atoms with Crippen LogP contribution in [0.3, 0.4) is 0 Å². The number of nitrogens with two attached hydrogens (primary N) is 1. The van der Waals surface area contributed by atoms with Gasteiger partial charge in [0.15, 0.2) is 0 Å². The molecule has 0 fully saturated rings. The van der Waals surface area contributed by atoms with Gasteiger partial charge in [0.25, 0.3) is 0 Å². The summed E-state index contributed by atoms with van der Waals surface area (Å²) < 4.78 is 25.8. The number of hydrogen-bond donors (Lipinski definition) is 2. The molecule has 0 saturated heterocycles. The van der Waals surface area contributed by atoms with E-state index in [1.54, 1.807) is 56.0 Å². The molecule has 4 rings (SSSR count). The largest absolute Gasteiger partial charge is 0.444 e. The molecule has 0 aliphatic heterocycles. The highest BCUT2D eigenvalue weighted by molar-refractivity contribution is 5.96. The molecule has 0 radical (unpaired) electrons. The first-order valence-corrected chi connectivity index (χ1v) is 10.7. The van der Waals surface area contributed by atoms with Crippen LogP contribution in [0.25, 0.3) is 10.9 Å². The fraction of sp³-hybridized carbons (Fsp3) is 0.200. The zero-order valence-electron chi connectivity index (χ0n) is 19.4. The summed E-state index contributed by atoms with van der Waals surface area (Å²) in [5.41, 5.74) is 7.65. The van der Waals surface area contributed by atoms with Crippen molar-refractivity contribution in [1.82, 2.24) is 14.8 Å². The SMILES string of the molecule is CC(C)(C)OC(=O)Nc1ccc(OC(=O)c2ccc3c(cnn3Cc3cncc(F)c3)c2)cc1N. The molecule has 0 aliphatic rings. The number of pyridine rings is 1. The second-order valence-corrected chi connectivity index (χ2v) is 8.85. The Morgan fingerprint density at radius 3 is 2.60 bits per heavy atom. The average molecular weight is 477 g/mol. The number of benzene rings is 2. The second-order valence-electron chi connectivity index (χ2n) is 8.85. The van der Waals surface area contributed by atoms with Crippen LogP contribution < -0.4 is 15.8 Å². The fourth-order valence-electron chi connectivity index (χ4n) is 3.35. The van der Waals surface area contributed by atoms with Crippen molar-refractivity contribution in [2.45, 2.75) is 32.9 Å². The number of halogens is 1. The summed E-state index contributed by atoms with van der Waals surface area (Å²) in [5, 5.41) is 7.61. The van der Waals surface area contributed by atoms with Crippen molar-refractivity contribution in [2.24, 2.45) is 0 Å². The first kappa shape index (κ1) is 23.7. The van der Waals surface area contributed by atoms with E-state index in [1.807, 2.05) is 0 Å². The summed E-state index contributed by atoms with van der Waals surface area (Å²) in [5.74, 6) is -0.781. The van der Waals surface area contributed by atoms with Crippen molar-refractivity contribution in [3.63, 3.8) is 0 Å². The van der Waals surface area contributed by atoms with Crippen LogP contribution >= 0.6 is 0 Å². The van der Waals surface area contributed by atoms with Gasteiger partial charge in [0.05, 0.1) is 41.4 Å². The molecule has 3 N–H and O–H groups in total. The van der Waals surface area contributed by atoms with Crippen molar-refractivity contribution >= 4 is 34.3 Å². The van der Waals surface area contributed by atoms with Gasteiger partial charge < -0.3 is 15.2 Å². The lowest BCUT2D eigenvalue weighted by Gasteiger charge is -2.20. The molecule has 2 aromatic carbocycles. The van der Waals surface area contributed by atoms with E-state index in [-0.39, 0.29) is 11.4 Å². The van der Waals surface area contributed by atoms with Crippen molar-refractivity contribution in [3.05, 3.63) is 78.0 Å². The number of anilines is 2. The van der Waals surface area contributed by atoms with Crippen LogP contribution in [-0.2, 0) is 11.3 Å². The Kier molecular flexibility index (Phi) is 6.37. The molecule has 0 unspecified atom stereocenters. The second kappa shape index (κ2) is 9.41. The third kappa shape index (κ3) is 5.91. The minimum absolute atomic E-state index is 0.213. The Balaban J connectivity index is 1.45. The summed E-state index contributed by atoms with van der Waals surface area (Å²) in [6.45, 7) is 5.59. The molecule has 4 aromatic rings. The van der Waals surface area contributed by atoms with Crippen molar-refractivity contribution in [2.75, 3.05) is 11.1 Å². The zero-order chi connectivity index (χ0) is 25.2. The van der Waals surface area contributed by atoms with Crippen LogP contribution in [0.15, 0.2) is 61.1 Å². The molecule has 1 amide bonds. The molecular weight excluding hydrogens is 453 g/mol. The Bertz CT molecular complexity index is 1410. The number of carbonyl (C=O) groups excluding carboxylic acids is 2. The summed E-state index contributed by atoms with van der Waals surface area (Å²) in [4.78, 5) is 28.5. The van der Waals surface area contributed by atoms with Crippen LogP contribution in [0.1, 0.15) is 36.7 Å². The maximum atomic E-state index is 13.4. The molecule has 0 bridgehead atoms. The van der Waals surface area contributed by atoms with Gasteiger partial charge in [0.1, 0.15) is 17.2 Å². The molecule has 0 aliphatic carbocycles. The molecular formula is C25H24FN5O4. The molecule has 2 aromatic heterocycles. The molecule has 9 nitrogen and oxygen atoms in total. The van der Waals surface area contributed by atoms with E-state index < -0.39 is 23.5 Å². The maximum Gasteiger partial charge on any atom is 0.412 e. The van der Waals surface area contributed by atoms with Gasteiger partial charge in [-0.15, -0.1) is 0 Å². The lowest BCUT2D eigenvalue weighted by atomic mass is 10.1. The summed E-state index contributed by atoms with van der Waals surface area (Å²) in [6.07, 6.45) is 3.69. The number of rotatable bonds is 5. The topological polar surface area (TPSA) is 121 Å². The normalized spacial score (nSPS) is 11.3. The van der Waals surface area contributed by atoms with Crippen LogP contribution in [0.2, 0.25) is 0 Å². The van der Waals surface area contributed by atoms with E-state index in [2.05, 4.69) is 15.4 Å². The standard InChI is InChI=1S/C25H24FN5O4/c1-25(2,3)35-24(33)30-21-6-5-19(10-20(21)27)34-23(32)16-4-7-22-17(9-16)12-29-31(22)14-15-8-18(26)13-28-11-15/h4-13H,14,27H2,1-3H3,(H,30,33). The van der Waals surface area contributed by atoms with E-state index in [1.165, 1.54) is 24.3 Å². The van der Waals surface area contributed by atoms with Crippen LogP contribution in [-0.4, -0.2) is 32.4 Å². The van der Waals surface area contributed by atoms with Gasteiger partial charge in [-0.3, -0.25) is 15.0 Å². The van der Waals surface area contributed by atoms with E-state index in [9.17, 15) is 14.0 Å². The first-order chi connectivity index (χ1) is 16.6. The monoisotopic (exact) mass is 477 g/mol. The number of nitrogen functional groups attached to an aromatic ring is 1. The molecule has 180 valence electrons. The van der Waals surface area contributed by atoms with Crippen molar-refractivity contribution in [1.29, 1.82) is 0 Å². The summed E-state index contributed by atoms with van der Waals surface area (Å²) >= 11 is 0. The highest BCUT2D eigenvalue weighted by atomic mass is 19.1.